The summed E-state index contributed by atoms with van der Waals surface area (Å²) in [6, 6.07) is 2.07. The predicted molar refractivity (Wildman–Crippen MR) is 98.7 cm³/mol. The summed E-state index contributed by atoms with van der Waals surface area (Å²) in [4.78, 5) is 23.4. The highest BCUT2D eigenvalue weighted by molar-refractivity contribution is 5.78. The van der Waals surface area contributed by atoms with Gasteiger partial charge < -0.3 is 9.84 Å². The minimum absolute atomic E-state index is 0.0746. The maximum absolute atomic E-state index is 12.1. The van der Waals surface area contributed by atoms with E-state index in [0.29, 0.717) is 12.3 Å². The number of amides is 1. The van der Waals surface area contributed by atoms with Crippen molar-refractivity contribution in [2.24, 2.45) is 0 Å². The summed E-state index contributed by atoms with van der Waals surface area (Å²) >= 11 is 0. The lowest BCUT2D eigenvalue weighted by atomic mass is 9.91. The number of aryl methyl sites for hydroxylation is 2. The van der Waals surface area contributed by atoms with Crippen molar-refractivity contribution in [3.8, 4) is 11.3 Å². The summed E-state index contributed by atoms with van der Waals surface area (Å²) in [5, 5.41) is 6.95. The molecule has 2 aromatic heterocycles. The Hall–Kier alpha value is -2.28. The van der Waals surface area contributed by atoms with Crippen LogP contribution >= 0.6 is 0 Å². The Kier molecular flexibility index (Phi) is 5.66. The number of nitrogens with zero attached hydrogens (tertiary/aromatic N) is 4. The molecular weight excluding hydrogens is 330 g/mol. The summed E-state index contributed by atoms with van der Waals surface area (Å²) in [5.74, 6) is 1.77. The molecule has 3 heterocycles. The van der Waals surface area contributed by atoms with Crippen LogP contribution in [0.15, 0.2) is 16.8 Å². The van der Waals surface area contributed by atoms with E-state index in [-0.39, 0.29) is 17.9 Å². The van der Waals surface area contributed by atoms with Crippen molar-refractivity contribution < 1.29 is 9.32 Å². The van der Waals surface area contributed by atoms with Gasteiger partial charge in [0.2, 0.25) is 5.91 Å². The quantitative estimate of drug-likeness (QED) is 0.885. The van der Waals surface area contributed by atoms with Crippen LogP contribution in [0.1, 0.15) is 49.8 Å². The van der Waals surface area contributed by atoms with Crippen molar-refractivity contribution in [2.45, 2.75) is 52.5 Å². The van der Waals surface area contributed by atoms with Gasteiger partial charge >= 0.3 is 0 Å². The number of hydrogen-bond donors (Lipinski definition) is 1. The van der Waals surface area contributed by atoms with E-state index in [1.807, 2.05) is 40.0 Å². The zero-order chi connectivity index (χ0) is 18.7. The van der Waals surface area contributed by atoms with Crippen LogP contribution in [0.5, 0.6) is 0 Å². The molecule has 0 aromatic carbocycles. The lowest BCUT2D eigenvalue weighted by molar-refractivity contribution is -0.123. The lowest BCUT2D eigenvalue weighted by Crippen LogP contribution is -2.43. The van der Waals surface area contributed by atoms with Crippen LogP contribution in [-0.2, 0) is 4.79 Å². The predicted octanol–water partition coefficient (Wildman–Crippen LogP) is 2.45. The Labute approximate surface area is 154 Å². The van der Waals surface area contributed by atoms with E-state index in [1.54, 1.807) is 0 Å². The smallest absolute Gasteiger partial charge is 0.234 e. The normalized spacial score (nSPS) is 18.3. The minimum atomic E-state index is 0.0746. The van der Waals surface area contributed by atoms with Gasteiger partial charge in [0.05, 0.1) is 23.5 Å². The van der Waals surface area contributed by atoms with E-state index in [1.165, 1.54) is 0 Å². The van der Waals surface area contributed by atoms with E-state index >= 15 is 0 Å². The Morgan fingerprint density at radius 3 is 2.92 bits per heavy atom. The van der Waals surface area contributed by atoms with Crippen molar-refractivity contribution in [3.05, 3.63) is 29.5 Å². The average molecular weight is 357 g/mol. The van der Waals surface area contributed by atoms with Gasteiger partial charge in [0, 0.05) is 30.8 Å². The monoisotopic (exact) mass is 357 g/mol. The molecule has 1 saturated heterocycles. The molecule has 0 spiro atoms. The summed E-state index contributed by atoms with van der Waals surface area (Å²) in [7, 11) is 0. The second kappa shape index (κ2) is 7.95. The van der Waals surface area contributed by atoms with Crippen LogP contribution in [0.4, 0.5) is 0 Å². The molecule has 1 amide bonds. The van der Waals surface area contributed by atoms with Crippen molar-refractivity contribution >= 4 is 5.91 Å². The first-order valence-corrected chi connectivity index (χ1v) is 9.21. The van der Waals surface area contributed by atoms with Gasteiger partial charge in [-0.3, -0.25) is 9.69 Å². The third kappa shape index (κ3) is 4.46. The minimum Gasteiger partial charge on any atom is -0.356 e. The summed E-state index contributed by atoms with van der Waals surface area (Å²) in [6.45, 7) is 9.92. The molecule has 1 fully saturated rings. The van der Waals surface area contributed by atoms with Crippen LogP contribution in [0, 0.1) is 13.8 Å². The number of carbonyl (C=O) groups is 1. The summed E-state index contributed by atoms with van der Waals surface area (Å²) in [5.41, 5.74) is 2.72. The van der Waals surface area contributed by atoms with E-state index in [0.717, 1.165) is 48.7 Å². The van der Waals surface area contributed by atoms with Gasteiger partial charge in [-0.15, -0.1) is 0 Å². The number of carbonyl (C=O) groups excluding carboxylic acids is 1. The van der Waals surface area contributed by atoms with Crippen LogP contribution < -0.4 is 5.32 Å². The highest BCUT2D eigenvalue weighted by atomic mass is 16.5. The lowest BCUT2D eigenvalue weighted by Gasteiger charge is -2.32. The van der Waals surface area contributed by atoms with E-state index < -0.39 is 0 Å². The molecule has 3 rings (SSSR count). The first kappa shape index (κ1) is 18.5. The molecule has 2 aromatic rings. The standard InChI is InChI=1S/C19H27N5O2/c1-12(2)21-18(25)11-24-7-5-6-15(10-24)19-16(9-20-14(4)22-19)17-8-13(3)23-26-17/h8-9,12,15H,5-7,10-11H2,1-4H3,(H,21,25)/t15-/m0/s1. The molecule has 1 aliphatic rings. The van der Waals surface area contributed by atoms with Crippen LogP contribution in [0.2, 0.25) is 0 Å². The number of piperidine rings is 1. The maximum Gasteiger partial charge on any atom is 0.234 e. The van der Waals surface area contributed by atoms with Crippen LogP contribution in [0.3, 0.4) is 0 Å². The van der Waals surface area contributed by atoms with Crippen LogP contribution in [0.25, 0.3) is 11.3 Å². The van der Waals surface area contributed by atoms with Gasteiger partial charge in [0.1, 0.15) is 5.82 Å². The topological polar surface area (TPSA) is 84.2 Å². The summed E-state index contributed by atoms with van der Waals surface area (Å²) in [6.07, 6.45) is 3.90. The highest BCUT2D eigenvalue weighted by Gasteiger charge is 2.27. The van der Waals surface area contributed by atoms with Gasteiger partial charge in [0.15, 0.2) is 5.76 Å². The molecule has 1 aliphatic heterocycles. The highest BCUT2D eigenvalue weighted by Crippen LogP contribution is 2.33. The second-order valence-electron chi connectivity index (χ2n) is 7.35. The molecule has 0 aliphatic carbocycles. The zero-order valence-corrected chi connectivity index (χ0v) is 16.0. The largest absolute Gasteiger partial charge is 0.356 e. The van der Waals surface area contributed by atoms with Gasteiger partial charge in [0.25, 0.3) is 0 Å². The molecule has 7 nitrogen and oxygen atoms in total. The van der Waals surface area contributed by atoms with Gasteiger partial charge in [-0.1, -0.05) is 5.16 Å². The molecule has 0 bridgehead atoms. The van der Waals surface area contributed by atoms with Gasteiger partial charge in [-0.2, -0.15) is 0 Å². The van der Waals surface area contributed by atoms with E-state index in [2.05, 4.69) is 20.4 Å². The fourth-order valence-electron chi connectivity index (χ4n) is 3.47. The molecule has 140 valence electrons. The Bertz CT molecular complexity index is 771. The molecule has 0 unspecified atom stereocenters. The van der Waals surface area contributed by atoms with Gasteiger partial charge in [-0.05, 0) is 47.1 Å². The van der Waals surface area contributed by atoms with Crippen molar-refractivity contribution in [1.29, 1.82) is 0 Å². The van der Waals surface area contributed by atoms with Crippen molar-refractivity contribution in [2.75, 3.05) is 19.6 Å². The van der Waals surface area contributed by atoms with Crippen molar-refractivity contribution in [1.82, 2.24) is 25.3 Å². The molecule has 1 atom stereocenters. The second-order valence-corrected chi connectivity index (χ2v) is 7.35. The SMILES string of the molecule is Cc1cc(-c2cnc(C)nc2[C@H]2CCCN(CC(=O)NC(C)C)C2)on1. The third-order valence-corrected chi connectivity index (χ3v) is 4.54. The number of nitrogens with one attached hydrogen (secondary N) is 1. The fourth-order valence-corrected chi connectivity index (χ4v) is 3.47. The molecule has 26 heavy (non-hydrogen) atoms. The average Bonchev–Trinajstić information content (AvgIpc) is 3.00. The number of rotatable bonds is 5. The van der Waals surface area contributed by atoms with E-state index in [9.17, 15) is 4.79 Å². The van der Waals surface area contributed by atoms with Gasteiger partial charge in [-0.25, -0.2) is 9.97 Å². The molecular formula is C19H27N5O2. The Balaban J connectivity index is 1.80. The molecule has 7 heteroatoms. The van der Waals surface area contributed by atoms with Crippen LogP contribution in [-0.4, -0.2) is 51.6 Å². The maximum atomic E-state index is 12.1. The summed E-state index contributed by atoms with van der Waals surface area (Å²) < 4.78 is 5.45. The van der Waals surface area contributed by atoms with E-state index in [4.69, 9.17) is 9.51 Å². The first-order chi connectivity index (χ1) is 12.4. The third-order valence-electron chi connectivity index (χ3n) is 4.54. The number of aromatic nitrogens is 3. The molecule has 0 saturated carbocycles. The zero-order valence-electron chi connectivity index (χ0n) is 16.0. The number of likely N-dealkylation sites (tertiary alicyclic amines) is 1. The Morgan fingerprint density at radius 1 is 1.42 bits per heavy atom. The number of hydrogen-bond acceptors (Lipinski definition) is 6. The fraction of sp³-hybridized carbons (Fsp3) is 0.579. The molecule has 1 N–H and O–H groups in total. The molecule has 0 radical (unpaired) electrons. The first-order valence-electron chi connectivity index (χ1n) is 9.21. The van der Waals surface area contributed by atoms with Crippen molar-refractivity contribution in [3.63, 3.8) is 0 Å². The Morgan fingerprint density at radius 2 is 2.23 bits per heavy atom.